The average Bonchev–Trinajstić information content (AvgIpc) is 2.85. The van der Waals surface area contributed by atoms with E-state index in [0.717, 1.165) is 0 Å². The Morgan fingerprint density at radius 3 is 2.62 bits per heavy atom. The Bertz CT molecular complexity index is 853. The third-order valence-corrected chi connectivity index (χ3v) is 5.14. The number of thiocarbonyl (C=S) groups is 1. The number of aromatic nitrogens is 1. The molecular weight excluding hydrogens is 412 g/mol. The second-order valence-electron chi connectivity index (χ2n) is 4.76. The summed E-state index contributed by atoms with van der Waals surface area (Å²) in [6.45, 7) is 0. The van der Waals surface area contributed by atoms with Gasteiger partial charge in [0.25, 0.3) is 5.91 Å². The number of hydrogen-bond acceptors (Lipinski definition) is 6. The Hall–Kier alpha value is -1.90. The molecule has 1 fully saturated rings. The Labute approximate surface area is 156 Å². The molecule has 0 bridgehead atoms. The van der Waals surface area contributed by atoms with Crippen LogP contribution in [0.25, 0.3) is 6.08 Å². The van der Waals surface area contributed by atoms with Crippen molar-refractivity contribution in [3.05, 3.63) is 51.6 Å². The number of benzene rings is 1. The number of pyridine rings is 1. The van der Waals surface area contributed by atoms with Gasteiger partial charge in [0.15, 0.2) is 4.32 Å². The van der Waals surface area contributed by atoms with E-state index in [2.05, 4.69) is 20.9 Å². The Morgan fingerprint density at radius 2 is 2.00 bits per heavy atom. The highest BCUT2D eigenvalue weighted by molar-refractivity contribution is 9.10. The molecule has 1 N–H and O–H groups in total. The van der Waals surface area contributed by atoms with Crippen molar-refractivity contribution in [1.29, 1.82) is 0 Å². The highest BCUT2D eigenvalue weighted by Crippen LogP contribution is 2.36. The number of methoxy groups -OCH3 is 1. The van der Waals surface area contributed by atoms with Crippen molar-refractivity contribution in [1.82, 2.24) is 4.98 Å². The lowest BCUT2D eigenvalue weighted by atomic mass is 10.2. The molecule has 0 unspecified atom stereocenters. The first-order chi connectivity index (χ1) is 11.5. The van der Waals surface area contributed by atoms with Gasteiger partial charge >= 0.3 is 0 Å². The molecule has 0 radical (unpaired) electrons. The van der Waals surface area contributed by atoms with Crippen molar-refractivity contribution in [2.75, 3.05) is 12.0 Å². The van der Waals surface area contributed by atoms with Crippen LogP contribution in [0.1, 0.15) is 5.69 Å². The standard InChI is InChI=1S/C16H11BrN2O3S2/c1-22-11-5-3-10(4-6-11)19-15(21)13(24-16(19)23)8-9-2-7-12(20)14(17)18-9/h2-8,20H,1H3. The van der Waals surface area contributed by atoms with E-state index in [-0.39, 0.29) is 11.7 Å². The Balaban J connectivity index is 1.90. The lowest BCUT2D eigenvalue weighted by Gasteiger charge is -2.14. The second kappa shape index (κ2) is 6.92. The molecule has 0 spiro atoms. The van der Waals surface area contributed by atoms with Gasteiger partial charge in [0.05, 0.1) is 23.4 Å². The van der Waals surface area contributed by atoms with Gasteiger partial charge in [-0.25, -0.2) is 4.98 Å². The van der Waals surface area contributed by atoms with Gasteiger partial charge in [-0.15, -0.1) is 0 Å². The van der Waals surface area contributed by atoms with Gasteiger partial charge < -0.3 is 9.84 Å². The van der Waals surface area contributed by atoms with E-state index in [1.807, 2.05) is 0 Å². The summed E-state index contributed by atoms with van der Waals surface area (Å²) in [5.74, 6) is 0.539. The summed E-state index contributed by atoms with van der Waals surface area (Å²) in [6, 6.07) is 10.2. The molecule has 24 heavy (non-hydrogen) atoms. The molecule has 1 saturated heterocycles. The molecule has 2 heterocycles. The molecule has 0 saturated carbocycles. The highest BCUT2D eigenvalue weighted by atomic mass is 79.9. The maximum atomic E-state index is 12.7. The van der Waals surface area contributed by atoms with Crippen LogP contribution in [0.15, 0.2) is 45.9 Å². The summed E-state index contributed by atoms with van der Waals surface area (Å²) in [6.07, 6.45) is 1.65. The number of halogens is 1. The lowest BCUT2D eigenvalue weighted by Crippen LogP contribution is -2.27. The molecule has 1 aromatic carbocycles. The van der Waals surface area contributed by atoms with Crippen molar-refractivity contribution in [2.24, 2.45) is 0 Å². The van der Waals surface area contributed by atoms with E-state index in [9.17, 15) is 9.90 Å². The number of nitrogens with zero attached hydrogens (tertiary/aromatic N) is 2. The predicted molar refractivity (Wildman–Crippen MR) is 102 cm³/mol. The summed E-state index contributed by atoms with van der Waals surface area (Å²) in [5.41, 5.74) is 1.23. The number of carbonyl (C=O) groups excluding carboxylic acids is 1. The largest absolute Gasteiger partial charge is 0.505 e. The molecule has 3 rings (SSSR count). The summed E-state index contributed by atoms with van der Waals surface area (Å²) in [4.78, 5) is 18.8. The monoisotopic (exact) mass is 422 g/mol. The summed E-state index contributed by atoms with van der Waals surface area (Å²) in [5, 5.41) is 9.49. The summed E-state index contributed by atoms with van der Waals surface area (Å²) < 4.78 is 5.89. The molecule has 1 aromatic heterocycles. The van der Waals surface area contributed by atoms with Crippen LogP contribution in [0.3, 0.4) is 0 Å². The van der Waals surface area contributed by atoms with Crippen LogP contribution in [-0.4, -0.2) is 27.4 Å². The van der Waals surface area contributed by atoms with E-state index < -0.39 is 0 Å². The zero-order valence-corrected chi connectivity index (χ0v) is 15.6. The van der Waals surface area contributed by atoms with Gasteiger partial charge in [0, 0.05) is 0 Å². The fourth-order valence-electron chi connectivity index (χ4n) is 2.08. The second-order valence-corrected chi connectivity index (χ2v) is 7.19. The minimum Gasteiger partial charge on any atom is -0.505 e. The summed E-state index contributed by atoms with van der Waals surface area (Å²) in [7, 11) is 1.58. The minimum atomic E-state index is -0.207. The Kier molecular flexibility index (Phi) is 4.88. The molecule has 8 heteroatoms. The highest BCUT2D eigenvalue weighted by Gasteiger charge is 2.33. The topological polar surface area (TPSA) is 62.7 Å². The van der Waals surface area contributed by atoms with E-state index in [4.69, 9.17) is 17.0 Å². The van der Waals surface area contributed by atoms with E-state index in [1.165, 1.54) is 22.7 Å². The van der Waals surface area contributed by atoms with Gasteiger partial charge in [0.2, 0.25) is 0 Å². The van der Waals surface area contributed by atoms with Crippen LogP contribution < -0.4 is 9.64 Å². The zero-order valence-electron chi connectivity index (χ0n) is 12.4. The van der Waals surface area contributed by atoms with Crippen LogP contribution in [0.2, 0.25) is 0 Å². The maximum Gasteiger partial charge on any atom is 0.270 e. The number of anilines is 1. The Morgan fingerprint density at radius 1 is 1.29 bits per heavy atom. The minimum absolute atomic E-state index is 0.0398. The molecular formula is C16H11BrN2O3S2. The van der Waals surface area contributed by atoms with Crippen LogP contribution in [0, 0.1) is 0 Å². The fourth-order valence-corrected chi connectivity index (χ4v) is 3.70. The first-order valence-electron chi connectivity index (χ1n) is 6.77. The van der Waals surface area contributed by atoms with Gasteiger partial charge in [-0.05, 0) is 58.4 Å². The number of amides is 1. The van der Waals surface area contributed by atoms with Gasteiger partial charge in [-0.3, -0.25) is 9.69 Å². The average molecular weight is 423 g/mol. The quantitative estimate of drug-likeness (QED) is 0.458. The van der Waals surface area contributed by atoms with Crippen LogP contribution in [0.5, 0.6) is 11.5 Å². The number of hydrogen-bond donors (Lipinski definition) is 1. The molecule has 1 aliphatic heterocycles. The number of rotatable bonds is 3. The van der Waals surface area contributed by atoms with Gasteiger partial charge in [-0.2, -0.15) is 0 Å². The number of ether oxygens (including phenoxy) is 1. The lowest BCUT2D eigenvalue weighted by molar-refractivity contribution is -0.113. The number of carbonyl (C=O) groups is 1. The van der Waals surface area contributed by atoms with Crippen molar-refractivity contribution in [3.63, 3.8) is 0 Å². The third-order valence-electron chi connectivity index (χ3n) is 3.25. The normalized spacial score (nSPS) is 16.1. The van der Waals surface area contributed by atoms with Gasteiger partial charge in [0.1, 0.15) is 16.1 Å². The molecule has 1 amide bonds. The van der Waals surface area contributed by atoms with Crippen molar-refractivity contribution in [2.45, 2.75) is 0 Å². The SMILES string of the molecule is COc1ccc(N2C(=O)C(=Cc3ccc(O)c(Br)n3)SC2=S)cc1. The zero-order chi connectivity index (χ0) is 17.3. The van der Waals surface area contributed by atoms with Crippen molar-refractivity contribution in [3.8, 4) is 11.5 Å². The van der Waals surface area contributed by atoms with Crippen LogP contribution >= 0.6 is 39.9 Å². The maximum absolute atomic E-state index is 12.7. The molecule has 2 aromatic rings. The van der Waals surface area contributed by atoms with Crippen molar-refractivity contribution < 1.29 is 14.6 Å². The summed E-state index contributed by atoms with van der Waals surface area (Å²) >= 11 is 9.69. The van der Waals surface area contributed by atoms with Crippen molar-refractivity contribution >= 4 is 61.9 Å². The molecule has 122 valence electrons. The molecule has 5 nitrogen and oxygen atoms in total. The number of thioether (sulfide) groups is 1. The molecule has 0 aliphatic carbocycles. The van der Waals surface area contributed by atoms with Crippen LogP contribution in [-0.2, 0) is 4.79 Å². The van der Waals surface area contributed by atoms with Gasteiger partial charge in [-0.1, -0.05) is 24.0 Å². The first-order valence-corrected chi connectivity index (χ1v) is 8.79. The van der Waals surface area contributed by atoms with E-state index in [1.54, 1.807) is 43.5 Å². The number of aromatic hydroxyl groups is 1. The smallest absolute Gasteiger partial charge is 0.270 e. The first kappa shape index (κ1) is 16.9. The predicted octanol–water partition coefficient (Wildman–Crippen LogP) is 3.96. The van der Waals surface area contributed by atoms with Crippen LogP contribution in [0.4, 0.5) is 5.69 Å². The fraction of sp³-hybridized carbons (Fsp3) is 0.0625. The van der Waals surface area contributed by atoms with E-state index >= 15 is 0 Å². The molecule has 0 atom stereocenters. The van der Waals surface area contributed by atoms with E-state index in [0.29, 0.717) is 31.0 Å². The molecule has 1 aliphatic rings. The third kappa shape index (κ3) is 3.31.